The first-order chi connectivity index (χ1) is 13.9. The van der Waals surface area contributed by atoms with Gasteiger partial charge in [-0.1, -0.05) is 30.3 Å². The summed E-state index contributed by atoms with van der Waals surface area (Å²) in [5.41, 5.74) is 2.63. The highest BCUT2D eigenvalue weighted by atomic mass is 32.2. The Labute approximate surface area is 166 Å². The highest BCUT2D eigenvalue weighted by Crippen LogP contribution is 2.32. The molecule has 0 aliphatic rings. The monoisotopic (exact) mass is 409 g/mol. The second-order valence-corrected chi connectivity index (χ2v) is 8.24. The number of hydrogen-bond donors (Lipinski definition) is 2. The molecule has 2 aromatic heterocycles. The molecule has 0 atom stereocenters. The zero-order chi connectivity index (χ0) is 20.6. The minimum Gasteiger partial charge on any atom is -0.345 e. The number of benzene rings is 2. The van der Waals surface area contributed by atoms with E-state index >= 15 is 0 Å². The Morgan fingerprint density at radius 2 is 1.86 bits per heavy atom. The van der Waals surface area contributed by atoms with Gasteiger partial charge in [0, 0.05) is 40.0 Å². The Kier molecular flexibility index (Phi) is 4.73. The van der Waals surface area contributed by atoms with E-state index in [0.717, 1.165) is 0 Å². The van der Waals surface area contributed by atoms with Crippen molar-refractivity contribution in [2.45, 2.75) is 4.90 Å². The third-order valence-electron chi connectivity index (χ3n) is 4.73. The fourth-order valence-electron chi connectivity index (χ4n) is 3.23. The standard InChI is InChI=1S/C21H16FN3O3S/c1-23-29(27,28)20-5-3-2-4-17(20)13-6-7-16(19(22)9-13)14-8-18-15(12-26)11-25-21(18)24-10-14/h2-12,23H,1H3,(H,24,25). The van der Waals surface area contributed by atoms with Crippen LogP contribution in [0.25, 0.3) is 33.3 Å². The van der Waals surface area contributed by atoms with Crippen LogP contribution in [0.4, 0.5) is 4.39 Å². The summed E-state index contributed by atoms with van der Waals surface area (Å²) < 4.78 is 41.8. The van der Waals surface area contributed by atoms with Crippen molar-refractivity contribution in [2.24, 2.45) is 0 Å². The Morgan fingerprint density at radius 1 is 1.07 bits per heavy atom. The Bertz CT molecular complexity index is 1350. The number of carbonyl (C=O) groups is 1. The lowest BCUT2D eigenvalue weighted by atomic mass is 10.00. The highest BCUT2D eigenvalue weighted by Gasteiger charge is 2.18. The molecule has 146 valence electrons. The summed E-state index contributed by atoms with van der Waals surface area (Å²) in [6.07, 6.45) is 3.78. The minimum atomic E-state index is -3.70. The van der Waals surface area contributed by atoms with Crippen molar-refractivity contribution in [3.63, 3.8) is 0 Å². The van der Waals surface area contributed by atoms with Crippen LogP contribution < -0.4 is 4.72 Å². The average Bonchev–Trinajstić information content (AvgIpc) is 3.16. The summed E-state index contributed by atoms with van der Waals surface area (Å²) in [5, 5.41) is 0.603. The van der Waals surface area contributed by atoms with Crippen molar-refractivity contribution in [1.82, 2.24) is 14.7 Å². The number of sulfonamides is 1. The van der Waals surface area contributed by atoms with Gasteiger partial charge in [0.15, 0.2) is 6.29 Å². The van der Waals surface area contributed by atoms with E-state index in [9.17, 15) is 17.6 Å². The summed E-state index contributed by atoms with van der Waals surface area (Å²) in [4.78, 5) is 18.4. The molecule has 0 radical (unpaired) electrons. The van der Waals surface area contributed by atoms with Crippen LogP contribution in [-0.2, 0) is 10.0 Å². The molecule has 2 aromatic carbocycles. The van der Waals surface area contributed by atoms with Crippen LogP contribution in [0, 0.1) is 5.82 Å². The number of pyridine rings is 1. The van der Waals surface area contributed by atoms with E-state index in [1.165, 1.54) is 25.4 Å². The van der Waals surface area contributed by atoms with Crippen LogP contribution >= 0.6 is 0 Å². The molecule has 0 saturated carbocycles. The van der Waals surface area contributed by atoms with Gasteiger partial charge in [-0.05, 0) is 30.8 Å². The van der Waals surface area contributed by atoms with Gasteiger partial charge in [-0.15, -0.1) is 0 Å². The first kappa shape index (κ1) is 19.0. The van der Waals surface area contributed by atoms with Crippen LogP contribution in [-0.4, -0.2) is 31.7 Å². The number of rotatable bonds is 5. The molecule has 0 aliphatic carbocycles. The Balaban J connectivity index is 1.82. The number of aromatic nitrogens is 2. The zero-order valence-electron chi connectivity index (χ0n) is 15.3. The van der Waals surface area contributed by atoms with E-state index < -0.39 is 15.8 Å². The van der Waals surface area contributed by atoms with Gasteiger partial charge in [0.2, 0.25) is 10.0 Å². The van der Waals surface area contributed by atoms with Crippen molar-refractivity contribution < 1.29 is 17.6 Å². The molecular formula is C21H16FN3O3S. The van der Waals surface area contributed by atoms with Gasteiger partial charge in [-0.2, -0.15) is 0 Å². The van der Waals surface area contributed by atoms with E-state index in [0.29, 0.717) is 45.1 Å². The maximum absolute atomic E-state index is 15.0. The van der Waals surface area contributed by atoms with E-state index in [1.807, 2.05) is 0 Å². The van der Waals surface area contributed by atoms with Crippen LogP contribution in [0.1, 0.15) is 10.4 Å². The lowest BCUT2D eigenvalue weighted by Gasteiger charge is -2.11. The number of H-pyrrole nitrogens is 1. The zero-order valence-corrected chi connectivity index (χ0v) is 16.1. The van der Waals surface area contributed by atoms with Crippen LogP contribution in [0.2, 0.25) is 0 Å². The quantitative estimate of drug-likeness (QED) is 0.491. The molecule has 0 fully saturated rings. The van der Waals surface area contributed by atoms with E-state index in [2.05, 4.69) is 14.7 Å². The van der Waals surface area contributed by atoms with E-state index in [1.54, 1.807) is 42.6 Å². The van der Waals surface area contributed by atoms with Crippen LogP contribution in [0.15, 0.2) is 65.8 Å². The average molecular weight is 409 g/mol. The normalized spacial score (nSPS) is 11.7. The first-order valence-corrected chi connectivity index (χ1v) is 10.2. The molecule has 0 saturated heterocycles. The number of fused-ring (bicyclic) bond motifs is 1. The molecule has 6 nitrogen and oxygen atoms in total. The van der Waals surface area contributed by atoms with Crippen LogP contribution in [0.5, 0.6) is 0 Å². The second kappa shape index (κ2) is 7.23. The summed E-state index contributed by atoms with van der Waals surface area (Å²) in [7, 11) is -2.37. The fourth-order valence-corrected chi connectivity index (χ4v) is 4.19. The predicted molar refractivity (Wildman–Crippen MR) is 109 cm³/mol. The molecular weight excluding hydrogens is 393 g/mol. The number of nitrogens with one attached hydrogen (secondary N) is 2. The van der Waals surface area contributed by atoms with Crippen molar-refractivity contribution in [2.75, 3.05) is 7.05 Å². The topological polar surface area (TPSA) is 91.9 Å². The second-order valence-electron chi connectivity index (χ2n) is 6.38. The molecule has 0 amide bonds. The van der Waals surface area contributed by atoms with Gasteiger partial charge in [-0.3, -0.25) is 4.79 Å². The van der Waals surface area contributed by atoms with Gasteiger partial charge < -0.3 is 4.98 Å². The van der Waals surface area contributed by atoms with Crippen molar-refractivity contribution >= 4 is 27.3 Å². The van der Waals surface area contributed by atoms with E-state index in [-0.39, 0.29) is 4.90 Å². The van der Waals surface area contributed by atoms with Gasteiger partial charge in [0.1, 0.15) is 11.5 Å². The highest BCUT2D eigenvalue weighted by molar-refractivity contribution is 7.89. The predicted octanol–water partition coefficient (Wildman–Crippen LogP) is 3.76. The molecule has 2 heterocycles. The number of aldehydes is 1. The maximum atomic E-state index is 15.0. The Morgan fingerprint density at radius 3 is 2.59 bits per heavy atom. The fraction of sp³-hybridized carbons (Fsp3) is 0.0476. The number of hydrogen-bond acceptors (Lipinski definition) is 4. The molecule has 2 N–H and O–H groups in total. The molecule has 8 heteroatoms. The van der Waals surface area contributed by atoms with Crippen molar-refractivity contribution in [1.29, 1.82) is 0 Å². The first-order valence-electron chi connectivity index (χ1n) is 8.70. The number of carbonyl (C=O) groups excluding carboxylic acids is 1. The maximum Gasteiger partial charge on any atom is 0.240 e. The summed E-state index contributed by atoms with van der Waals surface area (Å²) >= 11 is 0. The molecule has 4 aromatic rings. The lowest BCUT2D eigenvalue weighted by molar-refractivity contribution is 0.112. The van der Waals surface area contributed by atoms with Gasteiger partial charge in [-0.25, -0.2) is 22.5 Å². The Hall–Kier alpha value is -3.36. The molecule has 0 unspecified atom stereocenters. The molecule has 29 heavy (non-hydrogen) atoms. The molecule has 0 aliphatic heterocycles. The lowest BCUT2D eigenvalue weighted by Crippen LogP contribution is -2.19. The van der Waals surface area contributed by atoms with Gasteiger partial charge in [0.05, 0.1) is 4.90 Å². The minimum absolute atomic E-state index is 0.0701. The summed E-state index contributed by atoms with van der Waals surface area (Å²) in [5.74, 6) is -0.525. The van der Waals surface area contributed by atoms with Gasteiger partial charge in [0.25, 0.3) is 0 Å². The van der Waals surface area contributed by atoms with Crippen molar-refractivity contribution in [3.05, 3.63) is 72.3 Å². The van der Waals surface area contributed by atoms with Crippen LogP contribution in [0.3, 0.4) is 0 Å². The molecule has 4 rings (SSSR count). The third-order valence-corrected chi connectivity index (χ3v) is 6.20. The number of halogens is 1. The molecule has 0 spiro atoms. The van der Waals surface area contributed by atoms with E-state index in [4.69, 9.17) is 0 Å². The number of nitrogens with zero attached hydrogens (tertiary/aromatic N) is 1. The summed E-state index contributed by atoms with van der Waals surface area (Å²) in [6.45, 7) is 0. The smallest absolute Gasteiger partial charge is 0.240 e. The summed E-state index contributed by atoms with van der Waals surface area (Å²) in [6, 6.07) is 12.6. The third kappa shape index (κ3) is 3.32. The molecule has 0 bridgehead atoms. The number of aromatic amines is 1. The van der Waals surface area contributed by atoms with Gasteiger partial charge >= 0.3 is 0 Å². The largest absolute Gasteiger partial charge is 0.345 e. The van der Waals surface area contributed by atoms with Crippen molar-refractivity contribution in [3.8, 4) is 22.3 Å². The SMILES string of the molecule is CNS(=O)(=O)c1ccccc1-c1ccc(-c2cnc3[nH]cc(C=O)c3c2)c(F)c1.